The number of aromatic nitrogens is 1. The highest BCUT2D eigenvalue weighted by atomic mass is 16.5. The summed E-state index contributed by atoms with van der Waals surface area (Å²) < 4.78 is 5.02. The van der Waals surface area contributed by atoms with Gasteiger partial charge in [-0.1, -0.05) is 18.9 Å². The van der Waals surface area contributed by atoms with Crippen LogP contribution < -0.4 is 10.1 Å². The summed E-state index contributed by atoms with van der Waals surface area (Å²) in [4.78, 5) is 4.19. The van der Waals surface area contributed by atoms with Crippen LogP contribution in [0.4, 0.5) is 0 Å². The van der Waals surface area contributed by atoms with Gasteiger partial charge in [0, 0.05) is 24.8 Å². The minimum atomic E-state index is 0.606. The zero-order valence-corrected chi connectivity index (χ0v) is 10.1. The Balaban J connectivity index is 1.74. The Morgan fingerprint density at radius 1 is 1.50 bits per heavy atom. The lowest BCUT2D eigenvalue weighted by atomic mass is 10.1. The molecule has 1 heterocycles. The van der Waals surface area contributed by atoms with E-state index in [1.165, 1.54) is 24.8 Å². The molecule has 16 heavy (non-hydrogen) atoms. The molecule has 1 aliphatic carbocycles. The molecule has 2 rings (SSSR count). The van der Waals surface area contributed by atoms with Gasteiger partial charge in [0.1, 0.15) is 0 Å². The number of hydrogen-bond acceptors (Lipinski definition) is 3. The number of pyridine rings is 1. The van der Waals surface area contributed by atoms with Crippen LogP contribution in [-0.2, 0) is 6.54 Å². The Morgan fingerprint density at radius 3 is 2.88 bits per heavy atom. The third-order valence-corrected chi connectivity index (χ3v) is 3.05. The van der Waals surface area contributed by atoms with Gasteiger partial charge in [-0.25, -0.2) is 4.98 Å². The van der Waals surface area contributed by atoms with Crippen LogP contribution in [0.3, 0.4) is 0 Å². The molecule has 1 unspecified atom stereocenters. The van der Waals surface area contributed by atoms with E-state index in [0.29, 0.717) is 11.9 Å². The molecule has 88 valence electrons. The average molecular weight is 220 g/mol. The normalized spacial score (nSPS) is 17.1. The first-order chi connectivity index (χ1) is 7.78. The summed E-state index contributed by atoms with van der Waals surface area (Å²) in [5, 5.41) is 3.53. The molecule has 1 atom stereocenters. The average Bonchev–Trinajstić information content (AvgIpc) is 3.11. The number of nitrogens with zero attached hydrogens (tertiary/aromatic N) is 1. The molecule has 1 N–H and O–H groups in total. The van der Waals surface area contributed by atoms with Crippen LogP contribution in [0.5, 0.6) is 5.88 Å². The van der Waals surface area contributed by atoms with E-state index in [0.717, 1.165) is 12.5 Å². The topological polar surface area (TPSA) is 34.1 Å². The van der Waals surface area contributed by atoms with Crippen LogP contribution in [0.2, 0.25) is 0 Å². The van der Waals surface area contributed by atoms with Gasteiger partial charge in [0.15, 0.2) is 0 Å². The van der Waals surface area contributed by atoms with Gasteiger partial charge in [-0.3, -0.25) is 0 Å². The molecule has 0 amide bonds. The van der Waals surface area contributed by atoms with Crippen molar-refractivity contribution in [3.8, 4) is 5.88 Å². The molecule has 0 radical (unpaired) electrons. The molecule has 0 aliphatic heterocycles. The minimum Gasteiger partial charge on any atom is -0.481 e. The summed E-state index contributed by atoms with van der Waals surface area (Å²) in [6.45, 7) is 3.15. The van der Waals surface area contributed by atoms with Crippen LogP contribution in [0.1, 0.15) is 31.7 Å². The van der Waals surface area contributed by atoms with Crippen molar-refractivity contribution < 1.29 is 4.74 Å². The van der Waals surface area contributed by atoms with Gasteiger partial charge >= 0.3 is 0 Å². The third-order valence-electron chi connectivity index (χ3n) is 3.05. The smallest absolute Gasteiger partial charge is 0.212 e. The lowest BCUT2D eigenvalue weighted by molar-refractivity contribution is 0.397. The van der Waals surface area contributed by atoms with Crippen LogP contribution in [-0.4, -0.2) is 18.1 Å². The Bertz CT molecular complexity index is 319. The van der Waals surface area contributed by atoms with Crippen molar-refractivity contribution in [1.82, 2.24) is 10.3 Å². The van der Waals surface area contributed by atoms with Crippen LogP contribution in [0.15, 0.2) is 18.3 Å². The molecule has 0 spiro atoms. The standard InChI is InChI=1S/C13H20N2O/c1-10(7-11-3-4-11)14-8-12-5-6-13(16-2)15-9-12/h5-6,9-11,14H,3-4,7-8H2,1-2H3. The largest absolute Gasteiger partial charge is 0.481 e. The van der Waals surface area contributed by atoms with E-state index >= 15 is 0 Å². The minimum absolute atomic E-state index is 0.606. The second-order valence-electron chi connectivity index (χ2n) is 4.67. The molecular weight excluding hydrogens is 200 g/mol. The number of hydrogen-bond donors (Lipinski definition) is 1. The quantitative estimate of drug-likeness (QED) is 0.799. The van der Waals surface area contributed by atoms with E-state index < -0.39 is 0 Å². The SMILES string of the molecule is COc1ccc(CNC(C)CC2CC2)cn1. The summed E-state index contributed by atoms with van der Waals surface area (Å²) in [6, 6.07) is 4.57. The van der Waals surface area contributed by atoms with Gasteiger partial charge in [0.25, 0.3) is 0 Å². The van der Waals surface area contributed by atoms with Crippen molar-refractivity contribution in [3.63, 3.8) is 0 Å². The fourth-order valence-electron chi connectivity index (χ4n) is 1.87. The van der Waals surface area contributed by atoms with Crippen molar-refractivity contribution in [2.45, 2.75) is 38.8 Å². The summed E-state index contributed by atoms with van der Waals surface area (Å²) in [7, 11) is 1.64. The van der Waals surface area contributed by atoms with Crippen molar-refractivity contribution >= 4 is 0 Å². The number of rotatable bonds is 6. The first-order valence-electron chi connectivity index (χ1n) is 6.00. The molecule has 3 heteroatoms. The number of nitrogens with one attached hydrogen (secondary N) is 1. The van der Waals surface area contributed by atoms with Gasteiger partial charge < -0.3 is 10.1 Å². The van der Waals surface area contributed by atoms with E-state index in [1.807, 2.05) is 12.3 Å². The maximum atomic E-state index is 5.02. The zero-order valence-electron chi connectivity index (χ0n) is 10.1. The fraction of sp³-hybridized carbons (Fsp3) is 0.615. The first-order valence-corrected chi connectivity index (χ1v) is 6.00. The Hall–Kier alpha value is -1.09. The molecule has 0 aromatic carbocycles. The van der Waals surface area contributed by atoms with Crippen molar-refractivity contribution in [2.75, 3.05) is 7.11 Å². The van der Waals surface area contributed by atoms with E-state index in [-0.39, 0.29) is 0 Å². The molecular formula is C13H20N2O. The van der Waals surface area contributed by atoms with Crippen molar-refractivity contribution in [2.24, 2.45) is 5.92 Å². The van der Waals surface area contributed by atoms with E-state index in [1.54, 1.807) is 7.11 Å². The monoisotopic (exact) mass is 220 g/mol. The van der Waals surface area contributed by atoms with Crippen molar-refractivity contribution in [3.05, 3.63) is 23.9 Å². The maximum absolute atomic E-state index is 5.02. The van der Waals surface area contributed by atoms with E-state index in [2.05, 4.69) is 23.3 Å². The fourth-order valence-corrected chi connectivity index (χ4v) is 1.87. The number of methoxy groups -OCH3 is 1. The van der Waals surface area contributed by atoms with Crippen LogP contribution in [0, 0.1) is 5.92 Å². The summed E-state index contributed by atoms with van der Waals surface area (Å²) in [5.74, 6) is 1.66. The lowest BCUT2D eigenvalue weighted by Gasteiger charge is -2.13. The molecule has 1 aliphatic rings. The van der Waals surface area contributed by atoms with Gasteiger partial charge in [-0.15, -0.1) is 0 Å². The van der Waals surface area contributed by atoms with Gasteiger partial charge in [-0.05, 0) is 24.8 Å². The molecule has 3 nitrogen and oxygen atoms in total. The Labute approximate surface area is 97.2 Å². The highest BCUT2D eigenvalue weighted by Gasteiger charge is 2.23. The van der Waals surface area contributed by atoms with Gasteiger partial charge in [0.05, 0.1) is 7.11 Å². The van der Waals surface area contributed by atoms with Gasteiger partial charge in [0.2, 0.25) is 5.88 Å². The molecule has 1 fully saturated rings. The lowest BCUT2D eigenvalue weighted by Crippen LogP contribution is -2.25. The molecule has 1 aromatic rings. The number of ether oxygens (including phenoxy) is 1. The predicted octanol–water partition coefficient (Wildman–Crippen LogP) is 2.37. The second-order valence-corrected chi connectivity index (χ2v) is 4.67. The first kappa shape index (κ1) is 11.4. The van der Waals surface area contributed by atoms with Crippen LogP contribution in [0.25, 0.3) is 0 Å². The second kappa shape index (κ2) is 5.30. The van der Waals surface area contributed by atoms with E-state index in [4.69, 9.17) is 4.74 Å². The van der Waals surface area contributed by atoms with E-state index in [9.17, 15) is 0 Å². The molecule has 0 bridgehead atoms. The summed E-state index contributed by atoms with van der Waals surface area (Å²) in [6.07, 6.45) is 6.03. The highest BCUT2D eigenvalue weighted by molar-refractivity contribution is 5.17. The third kappa shape index (κ3) is 3.49. The van der Waals surface area contributed by atoms with Crippen LogP contribution >= 0.6 is 0 Å². The predicted molar refractivity (Wildman–Crippen MR) is 64.4 cm³/mol. The van der Waals surface area contributed by atoms with Gasteiger partial charge in [-0.2, -0.15) is 0 Å². The maximum Gasteiger partial charge on any atom is 0.212 e. The zero-order chi connectivity index (χ0) is 11.4. The highest BCUT2D eigenvalue weighted by Crippen LogP contribution is 2.33. The molecule has 0 saturated heterocycles. The summed E-state index contributed by atoms with van der Waals surface area (Å²) >= 11 is 0. The molecule has 1 aromatic heterocycles. The van der Waals surface area contributed by atoms with Crippen molar-refractivity contribution in [1.29, 1.82) is 0 Å². The Morgan fingerprint density at radius 2 is 2.31 bits per heavy atom. The summed E-state index contributed by atoms with van der Waals surface area (Å²) in [5.41, 5.74) is 1.21. The Kier molecular flexibility index (Phi) is 3.78. The molecule has 1 saturated carbocycles.